The van der Waals surface area contributed by atoms with Crippen molar-refractivity contribution in [1.29, 1.82) is 0 Å². The number of carbonyl (C=O) groups is 1. The van der Waals surface area contributed by atoms with Gasteiger partial charge in [-0.15, -0.1) is 0 Å². The molecular weight excluding hydrogens is 348 g/mol. The van der Waals surface area contributed by atoms with E-state index in [1.807, 2.05) is 54.6 Å². The molecule has 0 spiro atoms. The third kappa shape index (κ3) is 5.26. The smallest absolute Gasteiger partial charge is 0.243 e. The van der Waals surface area contributed by atoms with Gasteiger partial charge in [0, 0.05) is 10.7 Å². The van der Waals surface area contributed by atoms with Gasteiger partial charge < -0.3 is 15.4 Å². The second-order valence-electron chi connectivity index (χ2n) is 5.68. The molecule has 26 heavy (non-hydrogen) atoms. The van der Waals surface area contributed by atoms with Gasteiger partial charge >= 0.3 is 0 Å². The van der Waals surface area contributed by atoms with Gasteiger partial charge in [0.25, 0.3) is 0 Å². The van der Waals surface area contributed by atoms with E-state index in [0.717, 1.165) is 11.3 Å². The van der Waals surface area contributed by atoms with Gasteiger partial charge in [-0.1, -0.05) is 60.1 Å². The Kier molecular flexibility index (Phi) is 6.12. The Bertz CT molecular complexity index is 869. The van der Waals surface area contributed by atoms with Crippen molar-refractivity contribution in [2.24, 2.45) is 0 Å². The highest BCUT2D eigenvalue weighted by molar-refractivity contribution is 6.30. The zero-order valence-electron chi connectivity index (χ0n) is 14.1. The fourth-order valence-electron chi connectivity index (χ4n) is 2.42. The first kappa shape index (κ1) is 17.8. The van der Waals surface area contributed by atoms with Crippen LogP contribution in [0, 0.1) is 0 Å². The highest BCUT2D eigenvalue weighted by Crippen LogP contribution is 2.24. The van der Waals surface area contributed by atoms with Crippen molar-refractivity contribution in [3.63, 3.8) is 0 Å². The number of amides is 1. The summed E-state index contributed by atoms with van der Waals surface area (Å²) in [5, 5.41) is 6.50. The summed E-state index contributed by atoms with van der Waals surface area (Å²) >= 11 is 5.92. The Balaban J connectivity index is 1.57. The standard InChI is InChI=1S/C21H19ClN2O2/c22-17-9-6-10-18(13-17)24-21(25)14-23-19-11-4-5-12-20(19)26-15-16-7-2-1-3-8-16/h1-13,23H,14-15H2,(H,24,25). The Hall–Kier alpha value is -2.98. The molecule has 0 aliphatic rings. The first-order chi connectivity index (χ1) is 12.7. The third-order valence-corrected chi connectivity index (χ3v) is 3.91. The van der Waals surface area contributed by atoms with E-state index in [4.69, 9.17) is 16.3 Å². The van der Waals surface area contributed by atoms with Crippen molar-refractivity contribution < 1.29 is 9.53 Å². The summed E-state index contributed by atoms with van der Waals surface area (Å²) in [6.07, 6.45) is 0. The van der Waals surface area contributed by atoms with Crippen LogP contribution in [0.4, 0.5) is 11.4 Å². The van der Waals surface area contributed by atoms with Crippen LogP contribution in [-0.4, -0.2) is 12.5 Å². The normalized spacial score (nSPS) is 10.2. The van der Waals surface area contributed by atoms with Crippen LogP contribution < -0.4 is 15.4 Å². The SMILES string of the molecule is O=C(CNc1ccccc1OCc1ccccc1)Nc1cccc(Cl)c1. The topological polar surface area (TPSA) is 50.4 Å². The lowest BCUT2D eigenvalue weighted by atomic mass is 10.2. The molecule has 5 heteroatoms. The highest BCUT2D eigenvalue weighted by Gasteiger charge is 2.07. The van der Waals surface area contributed by atoms with Gasteiger partial charge in [0.2, 0.25) is 5.91 Å². The fraction of sp³-hybridized carbons (Fsp3) is 0.0952. The summed E-state index contributed by atoms with van der Waals surface area (Å²) in [7, 11) is 0. The average Bonchev–Trinajstić information content (AvgIpc) is 2.66. The lowest BCUT2D eigenvalue weighted by Gasteiger charge is -2.13. The fourth-order valence-corrected chi connectivity index (χ4v) is 2.61. The van der Waals surface area contributed by atoms with Crippen LogP contribution in [-0.2, 0) is 11.4 Å². The summed E-state index contributed by atoms with van der Waals surface area (Å²) in [5.74, 6) is 0.539. The van der Waals surface area contributed by atoms with Crippen molar-refractivity contribution in [2.75, 3.05) is 17.2 Å². The zero-order chi connectivity index (χ0) is 18.2. The number of hydrogen-bond acceptors (Lipinski definition) is 3. The molecule has 0 atom stereocenters. The van der Waals surface area contributed by atoms with E-state index in [1.54, 1.807) is 24.3 Å². The highest BCUT2D eigenvalue weighted by atomic mass is 35.5. The van der Waals surface area contributed by atoms with E-state index in [0.29, 0.717) is 23.1 Å². The van der Waals surface area contributed by atoms with Crippen LogP contribution in [0.15, 0.2) is 78.9 Å². The maximum absolute atomic E-state index is 12.1. The number of rotatable bonds is 7. The molecule has 2 N–H and O–H groups in total. The van der Waals surface area contributed by atoms with Gasteiger partial charge in [0.15, 0.2) is 0 Å². The van der Waals surface area contributed by atoms with E-state index < -0.39 is 0 Å². The minimum atomic E-state index is -0.162. The number of para-hydroxylation sites is 2. The molecule has 3 aromatic rings. The third-order valence-electron chi connectivity index (χ3n) is 3.67. The summed E-state index contributed by atoms with van der Waals surface area (Å²) in [4.78, 5) is 12.1. The number of hydrogen-bond donors (Lipinski definition) is 2. The molecule has 0 heterocycles. The maximum Gasteiger partial charge on any atom is 0.243 e. The summed E-state index contributed by atoms with van der Waals surface area (Å²) in [6, 6.07) is 24.5. The van der Waals surface area contributed by atoms with Gasteiger partial charge in [-0.3, -0.25) is 4.79 Å². The van der Waals surface area contributed by atoms with Gasteiger partial charge in [-0.05, 0) is 35.9 Å². The maximum atomic E-state index is 12.1. The molecule has 1 amide bonds. The van der Waals surface area contributed by atoms with E-state index in [1.165, 1.54) is 0 Å². The first-order valence-corrected chi connectivity index (χ1v) is 8.63. The molecule has 0 saturated heterocycles. The molecule has 3 rings (SSSR count). The number of benzene rings is 3. The second kappa shape index (κ2) is 8.92. The summed E-state index contributed by atoms with van der Waals surface area (Å²) < 4.78 is 5.88. The molecule has 0 aromatic heterocycles. The molecule has 0 radical (unpaired) electrons. The molecule has 0 saturated carbocycles. The number of nitrogens with one attached hydrogen (secondary N) is 2. The monoisotopic (exact) mass is 366 g/mol. The van der Waals surface area contributed by atoms with Gasteiger partial charge in [-0.25, -0.2) is 0 Å². The molecule has 0 aliphatic heterocycles. The van der Waals surface area contributed by atoms with Crippen molar-refractivity contribution in [2.45, 2.75) is 6.61 Å². The van der Waals surface area contributed by atoms with Crippen molar-refractivity contribution in [1.82, 2.24) is 0 Å². The Labute approximate surface area is 157 Å². The molecule has 3 aromatic carbocycles. The molecule has 0 unspecified atom stereocenters. The van der Waals surface area contributed by atoms with Crippen LogP contribution in [0.1, 0.15) is 5.56 Å². The Morgan fingerprint density at radius 2 is 1.69 bits per heavy atom. The average molecular weight is 367 g/mol. The Morgan fingerprint density at radius 3 is 2.50 bits per heavy atom. The molecule has 0 bridgehead atoms. The molecule has 0 fully saturated rings. The molecule has 132 valence electrons. The van der Waals surface area contributed by atoms with Crippen LogP contribution >= 0.6 is 11.6 Å². The van der Waals surface area contributed by atoms with Crippen molar-refractivity contribution in [3.8, 4) is 5.75 Å². The summed E-state index contributed by atoms with van der Waals surface area (Å²) in [6.45, 7) is 0.590. The van der Waals surface area contributed by atoms with Crippen LogP contribution in [0.2, 0.25) is 5.02 Å². The van der Waals surface area contributed by atoms with Crippen LogP contribution in [0.3, 0.4) is 0 Å². The van der Waals surface area contributed by atoms with E-state index in [2.05, 4.69) is 10.6 Å². The van der Waals surface area contributed by atoms with E-state index in [-0.39, 0.29) is 12.5 Å². The van der Waals surface area contributed by atoms with Gasteiger partial charge in [0.05, 0.1) is 12.2 Å². The minimum Gasteiger partial charge on any atom is -0.487 e. The molecular formula is C21H19ClN2O2. The van der Waals surface area contributed by atoms with E-state index in [9.17, 15) is 4.79 Å². The van der Waals surface area contributed by atoms with Gasteiger partial charge in [0.1, 0.15) is 12.4 Å². The second-order valence-corrected chi connectivity index (χ2v) is 6.12. The van der Waals surface area contributed by atoms with E-state index >= 15 is 0 Å². The van der Waals surface area contributed by atoms with Gasteiger partial charge in [-0.2, -0.15) is 0 Å². The van der Waals surface area contributed by atoms with Crippen molar-refractivity contribution in [3.05, 3.63) is 89.4 Å². The molecule has 4 nitrogen and oxygen atoms in total. The van der Waals surface area contributed by atoms with Crippen molar-refractivity contribution >= 4 is 28.9 Å². The van der Waals surface area contributed by atoms with Crippen LogP contribution in [0.25, 0.3) is 0 Å². The molecule has 0 aliphatic carbocycles. The quantitative estimate of drug-likeness (QED) is 0.620. The Morgan fingerprint density at radius 1 is 0.923 bits per heavy atom. The predicted octanol–water partition coefficient (Wildman–Crippen LogP) is 4.97. The lowest BCUT2D eigenvalue weighted by molar-refractivity contribution is -0.114. The predicted molar refractivity (Wildman–Crippen MR) is 106 cm³/mol. The summed E-state index contributed by atoms with van der Waals surface area (Å²) in [5.41, 5.74) is 2.52. The minimum absolute atomic E-state index is 0.123. The lowest BCUT2D eigenvalue weighted by Crippen LogP contribution is -2.22. The zero-order valence-corrected chi connectivity index (χ0v) is 14.9. The van der Waals surface area contributed by atoms with Crippen LogP contribution in [0.5, 0.6) is 5.75 Å². The number of ether oxygens (including phenoxy) is 1. The number of halogens is 1. The number of carbonyl (C=O) groups excluding carboxylic acids is 1. The largest absolute Gasteiger partial charge is 0.487 e. The number of anilines is 2. The first-order valence-electron chi connectivity index (χ1n) is 8.26.